The summed E-state index contributed by atoms with van der Waals surface area (Å²) in [6.07, 6.45) is 0. The average Bonchev–Trinajstić information content (AvgIpc) is 2.19. The van der Waals surface area contributed by atoms with Crippen LogP contribution in [0.2, 0.25) is 0 Å². The molecule has 1 rings (SSSR count). The predicted octanol–water partition coefficient (Wildman–Crippen LogP) is 1.42. The van der Waals surface area contributed by atoms with Gasteiger partial charge in [-0.25, -0.2) is 0 Å². The molecule has 0 heterocycles. The number of nitriles is 1. The van der Waals surface area contributed by atoms with Crippen LogP contribution in [0.15, 0.2) is 18.2 Å². The Morgan fingerprint density at radius 1 is 1.54 bits per heavy atom. The SMILES string of the molecule is CCOc1ccc(C#N)cc1CN. The van der Waals surface area contributed by atoms with E-state index in [2.05, 4.69) is 6.07 Å². The Morgan fingerprint density at radius 3 is 2.85 bits per heavy atom. The van der Waals surface area contributed by atoms with Crippen molar-refractivity contribution >= 4 is 0 Å². The highest BCUT2D eigenvalue weighted by atomic mass is 16.5. The summed E-state index contributed by atoms with van der Waals surface area (Å²) in [5.74, 6) is 0.768. The first-order valence-corrected chi connectivity index (χ1v) is 4.17. The molecule has 1 aromatic rings. The molecule has 0 aliphatic carbocycles. The molecule has 3 heteroatoms. The number of ether oxygens (including phenoxy) is 1. The molecule has 0 fully saturated rings. The standard InChI is InChI=1S/C10H12N2O/c1-2-13-10-4-3-8(6-11)5-9(10)7-12/h3-5H,2,7,12H2,1H3. The van der Waals surface area contributed by atoms with E-state index in [9.17, 15) is 0 Å². The number of nitrogens with zero attached hydrogens (tertiary/aromatic N) is 1. The third-order valence-electron chi connectivity index (χ3n) is 1.71. The summed E-state index contributed by atoms with van der Waals surface area (Å²) in [5.41, 5.74) is 7.01. The summed E-state index contributed by atoms with van der Waals surface area (Å²) in [7, 11) is 0. The molecule has 0 saturated carbocycles. The van der Waals surface area contributed by atoms with Crippen LogP contribution in [-0.4, -0.2) is 6.61 Å². The first kappa shape index (κ1) is 9.56. The van der Waals surface area contributed by atoms with Gasteiger partial charge in [0.15, 0.2) is 0 Å². The summed E-state index contributed by atoms with van der Waals surface area (Å²) in [5, 5.41) is 8.65. The predicted molar refractivity (Wildman–Crippen MR) is 50.2 cm³/mol. The van der Waals surface area contributed by atoms with Gasteiger partial charge in [-0.05, 0) is 25.1 Å². The average molecular weight is 176 g/mol. The molecule has 68 valence electrons. The van der Waals surface area contributed by atoms with E-state index in [0.29, 0.717) is 18.7 Å². The molecule has 0 bridgehead atoms. The van der Waals surface area contributed by atoms with Crippen LogP contribution in [-0.2, 0) is 6.54 Å². The van der Waals surface area contributed by atoms with E-state index in [1.54, 1.807) is 18.2 Å². The molecule has 0 unspecified atom stereocenters. The van der Waals surface area contributed by atoms with E-state index in [1.165, 1.54) is 0 Å². The van der Waals surface area contributed by atoms with E-state index < -0.39 is 0 Å². The maximum atomic E-state index is 8.65. The molecule has 3 nitrogen and oxygen atoms in total. The Hall–Kier alpha value is -1.53. The smallest absolute Gasteiger partial charge is 0.123 e. The minimum absolute atomic E-state index is 0.394. The number of rotatable bonds is 3. The van der Waals surface area contributed by atoms with Crippen LogP contribution in [0.3, 0.4) is 0 Å². The molecule has 13 heavy (non-hydrogen) atoms. The zero-order valence-electron chi connectivity index (χ0n) is 7.58. The molecule has 0 radical (unpaired) electrons. The van der Waals surface area contributed by atoms with Crippen LogP contribution < -0.4 is 10.5 Å². The molecule has 0 spiro atoms. The van der Waals surface area contributed by atoms with Gasteiger partial charge in [0.05, 0.1) is 18.2 Å². The Kier molecular flexibility index (Phi) is 3.30. The van der Waals surface area contributed by atoms with E-state index in [0.717, 1.165) is 11.3 Å². The van der Waals surface area contributed by atoms with E-state index in [-0.39, 0.29) is 0 Å². The van der Waals surface area contributed by atoms with Gasteiger partial charge >= 0.3 is 0 Å². The lowest BCUT2D eigenvalue weighted by Crippen LogP contribution is -2.02. The molecular formula is C10H12N2O. The highest BCUT2D eigenvalue weighted by Gasteiger charge is 2.02. The summed E-state index contributed by atoms with van der Waals surface area (Å²) in [6.45, 7) is 2.92. The first-order valence-electron chi connectivity index (χ1n) is 4.17. The Labute approximate surface area is 77.7 Å². The molecule has 0 aliphatic rings. The number of benzene rings is 1. The molecule has 0 amide bonds. The van der Waals surface area contributed by atoms with Gasteiger partial charge in [-0.3, -0.25) is 0 Å². The van der Waals surface area contributed by atoms with Crippen LogP contribution in [0.4, 0.5) is 0 Å². The van der Waals surface area contributed by atoms with Crippen molar-refractivity contribution in [1.29, 1.82) is 5.26 Å². The fourth-order valence-electron chi connectivity index (χ4n) is 1.10. The van der Waals surface area contributed by atoms with Crippen LogP contribution in [0, 0.1) is 11.3 Å². The lowest BCUT2D eigenvalue weighted by Gasteiger charge is -2.07. The van der Waals surface area contributed by atoms with Gasteiger partial charge < -0.3 is 10.5 Å². The highest BCUT2D eigenvalue weighted by Crippen LogP contribution is 2.19. The molecule has 1 aromatic carbocycles. The molecule has 0 aromatic heterocycles. The normalized spacial score (nSPS) is 9.31. The van der Waals surface area contributed by atoms with Crippen LogP contribution >= 0.6 is 0 Å². The second-order valence-corrected chi connectivity index (χ2v) is 2.57. The Morgan fingerprint density at radius 2 is 2.31 bits per heavy atom. The van der Waals surface area contributed by atoms with Gasteiger partial charge in [-0.1, -0.05) is 0 Å². The van der Waals surface area contributed by atoms with Crippen LogP contribution in [0.1, 0.15) is 18.1 Å². The molecule has 0 saturated heterocycles. The minimum atomic E-state index is 0.394. The van der Waals surface area contributed by atoms with Gasteiger partial charge in [0.25, 0.3) is 0 Å². The quantitative estimate of drug-likeness (QED) is 0.757. The van der Waals surface area contributed by atoms with Gasteiger partial charge in [0, 0.05) is 12.1 Å². The third kappa shape index (κ3) is 2.20. The topological polar surface area (TPSA) is 59.0 Å². The summed E-state index contributed by atoms with van der Waals surface area (Å²) < 4.78 is 5.34. The van der Waals surface area contributed by atoms with Crippen molar-refractivity contribution in [3.05, 3.63) is 29.3 Å². The van der Waals surface area contributed by atoms with E-state index in [4.69, 9.17) is 15.7 Å². The fourth-order valence-corrected chi connectivity index (χ4v) is 1.10. The van der Waals surface area contributed by atoms with E-state index in [1.807, 2.05) is 6.92 Å². The second-order valence-electron chi connectivity index (χ2n) is 2.57. The van der Waals surface area contributed by atoms with Crippen molar-refractivity contribution in [1.82, 2.24) is 0 Å². The van der Waals surface area contributed by atoms with Gasteiger partial charge in [0.1, 0.15) is 5.75 Å². The van der Waals surface area contributed by atoms with Crippen LogP contribution in [0.5, 0.6) is 5.75 Å². The maximum Gasteiger partial charge on any atom is 0.123 e. The lowest BCUT2D eigenvalue weighted by atomic mass is 10.1. The highest BCUT2D eigenvalue weighted by molar-refractivity contribution is 5.41. The molecule has 0 aliphatic heterocycles. The van der Waals surface area contributed by atoms with Gasteiger partial charge in [-0.2, -0.15) is 5.26 Å². The zero-order chi connectivity index (χ0) is 9.68. The first-order chi connectivity index (χ1) is 6.31. The Bertz CT molecular complexity index is 328. The van der Waals surface area contributed by atoms with Crippen molar-refractivity contribution in [2.75, 3.05) is 6.61 Å². The summed E-state index contributed by atoms with van der Waals surface area (Å²) in [4.78, 5) is 0. The number of hydrogen-bond acceptors (Lipinski definition) is 3. The van der Waals surface area contributed by atoms with Gasteiger partial charge in [-0.15, -0.1) is 0 Å². The van der Waals surface area contributed by atoms with Gasteiger partial charge in [0.2, 0.25) is 0 Å². The van der Waals surface area contributed by atoms with Crippen molar-refractivity contribution in [3.8, 4) is 11.8 Å². The Balaban J connectivity index is 3.02. The maximum absolute atomic E-state index is 8.65. The third-order valence-corrected chi connectivity index (χ3v) is 1.71. The van der Waals surface area contributed by atoms with Crippen molar-refractivity contribution in [2.24, 2.45) is 5.73 Å². The molecular weight excluding hydrogens is 164 g/mol. The van der Waals surface area contributed by atoms with Crippen molar-refractivity contribution < 1.29 is 4.74 Å². The van der Waals surface area contributed by atoms with Crippen molar-refractivity contribution in [2.45, 2.75) is 13.5 Å². The number of nitrogens with two attached hydrogens (primary N) is 1. The fraction of sp³-hybridized carbons (Fsp3) is 0.300. The molecule has 0 atom stereocenters. The largest absolute Gasteiger partial charge is 0.494 e. The zero-order valence-corrected chi connectivity index (χ0v) is 7.58. The van der Waals surface area contributed by atoms with Crippen molar-refractivity contribution in [3.63, 3.8) is 0 Å². The summed E-state index contributed by atoms with van der Waals surface area (Å²) in [6, 6.07) is 7.32. The van der Waals surface area contributed by atoms with E-state index >= 15 is 0 Å². The molecule has 2 N–H and O–H groups in total. The lowest BCUT2D eigenvalue weighted by molar-refractivity contribution is 0.336. The minimum Gasteiger partial charge on any atom is -0.494 e. The second kappa shape index (κ2) is 4.48. The van der Waals surface area contributed by atoms with Crippen LogP contribution in [0.25, 0.3) is 0 Å². The number of hydrogen-bond donors (Lipinski definition) is 1. The monoisotopic (exact) mass is 176 g/mol. The summed E-state index contributed by atoms with van der Waals surface area (Å²) >= 11 is 0.